The first-order valence-corrected chi connectivity index (χ1v) is 10.5. The van der Waals surface area contributed by atoms with E-state index in [0.29, 0.717) is 11.7 Å². The largest absolute Gasteiger partial charge is 0.480 e. The van der Waals surface area contributed by atoms with Crippen LogP contribution in [0.25, 0.3) is 0 Å². The number of aliphatic hydroxyl groups is 1. The number of aliphatic hydroxyl groups excluding tert-OH is 1. The molecule has 0 aromatic carbocycles. The predicted octanol–water partition coefficient (Wildman–Crippen LogP) is 0.533. The Morgan fingerprint density at radius 1 is 1.31 bits per heavy atom. The van der Waals surface area contributed by atoms with Crippen molar-refractivity contribution in [3.63, 3.8) is 0 Å². The molecule has 1 saturated carbocycles. The molecule has 0 spiro atoms. The van der Waals surface area contributed by atoms with Gasteiger partial charge in [0.25, 0.3) is 0 Å². The van der Waals surface area contributed by atoms with E-state index in [9.17, 15) is 14.7 Å². The van der Waals surface area contributed by atoms with Crippen molar-refractivity contribution in [1.29, 1.82) is 0 Å². The second kappa shape index (κ2) is 11.5. The minimum atomic E-state index is -1.21. The van der Waals surface area contributed by atoms with Gasteiger partial charge in [0.2, 0.25) is 11.8 Å². The highest BCUT2D eigenvalue weighted by atomic mass is 32.2. The van der Waals surface area contributed by atoms with Crippen LogP contribution in [0.15, 0.2) is 4.52 Å². The Bertz CT molecular complexity index is 666. The van der Waals surface area contributed by atoms with E-state index >= 15 is 0 Å². The van der Waals surface area contributed by atoms with E-state index in [1.165, 1.54) is 26.2 Å². The Hall–Kier alpha value is -1.73. The average molecular weight is 431 g/mol. The SMILES string of the molecule is CC(O)C(NSNC(CC(N)=O)c1nc(C(N)CC2CCCCC2)no1)C(=O)O. The van der Waals surface area contributed by atoms with Gasteiger partial charge in [0.05, 0.1) is 18.6 Å². The third-order valence-corrected chi connectivity index (χ3v) is 5.71. The number of carboxylic acid groups (broad SMARTS) is 1. The molecule has 0 radical (unpaired) electrons. The fourth-order valence-electron chi connectivity index (χ4n) is 3.33. The van der Waals surface area contributed by atoms with Gasteiger partial charge in [-0.25, -0.2) is 9.44 Å². The molecule has 0 bridgehead atoms. The summed E-state index contributed by atoms with van der Waals surface area (Å²) in [6, 6.07) is -2.30. The van der Waals surface area contributed by atoms with Crippen LogP contribution in [0.1, 0.15) is 75.7 Å². The molecule has 8 N–H and O–H groups in total. The van der Waals surface area contributed by atoms with E-state index in [1.807, 2.05) is 0 Å². The number of amides is 1. The minimum absolute atomic E-state index is 0.135. The highest BCUT2D eigenvalue weighted by molar-refractivity contribution is 7.95. The van der Waals surface area contributed by atoms with Gasteiger partial charge in [0.15, 0.2) is 5.82 Å². The molecule has 1 aromatic heterocycles. The van der Waals surface area contributed by atoms with Crippen molar-refractivity contribution >= 4 is 24.0 Å². The monoisotopic (exact) mass is 430 g/mol. The second-order valence-electron chi connectivity index (χ2n) is 7.45. The van der Waals surface area contributed by atoms with Crippen LogP contribution in [0.2, 0.25) is 0 Å². The van der Waals surface area contributed by atoms with Gasteiger partial charge in [-0.2, -0.15) is 4.98 Å². The lowest BCUT2D eigenvalue weighted by atomic mass is 9.85. The summed E-state index contributed by atoms with van der Waals surface area (Å²) in [4.78, 5) is 26.8. The van der Waals surface area contributed by atoms with Crippen LogP contribution < -0.4 is 20.9 Å². The Labute approximate surface area is 173 Å². The smallest absolute Gasteiger partial charge is 0.324 e. The third-order valence-electron chi connectivity index (χ3n) is 4.94. The molecule has 1 heterocycles. The predicted molar refractivity (Wildman–Crippen MR) is 106 cm³/mol. The highest BCUT2D eigenvalue weighted by Crippen LogP contribution is 2.30. The number of nitrogens with one attached hydrogen (secondary N) is 2. The van der Waals surface area contributed by atoms with Crippen molar-refractivity contribution in [1.82, 2.24) is 19.6 Å². The number of aromatic nitrogens is 2. The molecule has 4 atom stereocenters. The Morgan fingerprint density at radius 3 is 2.59 bits per heavy atom. The topological polar surface area (TPSA) is 190 Å². The molecule has 4 unspecified atom stereocenters. The maximum absolute atomic E-state index is 11.4. The molecule has 12 heteroatoms. The average Bonchev–Trinajstić information content (AvgIpc) is 3.14. The van der Waals surface area contributed by atoms with E-state index in [1.54, 1.807) is 0 Å². The molecule has 1 aliphatic rings. The number of aliphatic carboxylic acids is 1. The number of rotatable bonds is 12. The molecule has 0 saturated heterocycles. The van der Waals surface area contributed by atoms with Crippen molar-refractivity contribution in [2.75, 3.05) is 0 Å². The lowest BCUT2D eigenvalue weighted by Gasteiger charge is -2.23. The molecule has 0 aliphatic heterocycles. The molecule has 1 aromatic rings. The summed E-state index contributed by atoms with van der Waals surface area (Å²) in [7, 11) is 0. The van der Waals surface area contributed by atoms with Gasteiger partial charge in [0.1, 0.15) is 12.1 Å². The van der Waals surface area contributed by atoms with E-state index in [2.05, 4.69) is 19.6 Å². The Kier molecular flexibility index (Phi) is 9.30. The standard InChI is InChI=1S/C17H30N6O5S/c1-9(24)14(17(26)27)23-29-22-12(8-13(19)25)16-20-15(21-28-16)11(18)7-10-5-3-2-4-6-10/h9-12,14,22-24H,2-8,18H2,1H3,(H2,19,25)(H,26,27). The van der Waals surface area contributed by atoms with E-state index in [4.69, 9.17) is 21.1 Å². The summed E-state index contributed by atoms with van der Waals surface area (Å²) in [5.74, 6) is -0.758. The second-order valence-corrected chi connectivity index (χ2v) is 8.13. The maximum atomic E-state index is 11.4. The van der Waals surface area contributed by atoms with Crippen molar-refractivity contribution in [2.45, 2.75) is 76.1 Å². The lowest BCUT2D eigenvalue weighted by Crippen LogP contribution is -2.43. The van der Waals surface area contributed by atoms with Crippen LogP contribution in [0.3, 0.4) is 0 Å². The van der Waals surface area contributed by atoms with Gasteiger partial charge in [0, 0.05) is 12.1 Å². The molecule has 1 aliphatic carbocycles. The molecule has 164 valence electrons. The van der Waals surface area contributed by atoms with Crippen molar-refractivity contribution in [2.24, 2.45) is 17.4 Å². The van der Waals surface area contributed by atoms with Crippen molar-refractivity contribution < 1.29 is 24.3 Å². The summed E-state index contributed by atoms with van der Waals surface area (Å²) in [6.07, 6.45) is 5.52. The molecule has 2 rings (SSSR count). The highest BCUT2D eigenvalue weighted by Gasteiger charge is 2.27. The summed E-state index contributed by atoms with van der Waals surface area (Å²) >= 11 is 0.801. The minimum Gasteiger partial charge on any atom is -0.480 e. The Balaban J connectivity index is 1.97. The fraction of sp³-hybridized carbons (Fsp3) is 0.765. The third kappa shape index (κ3) is 7.55. The zero-order valence-electron chi connectivity index (χ0n) is 16.4. The lowest BCUT2D eigenvalue weighted by molar-refractivity contribution is -0.141. The summed E-state index contributed by atoms with van der Waals surface area (Å²) in [5, 5.41) is 22.5. The molecule has 29 heavy (non-hydrogen) atoms. The number of carboxylic acids is 1. The Morgan fingerprint density at radius 2 is 2.00 bits per heavy atom. The van der Waals surface area contributed by atoms with Gasteiger partial charge in [-0.05, 0) is 19.3 Å². The maximum Gasteiger partial charge on any atom is 0.324 e. The van der Waals surface area contributed by atoms with Gasteiger partial charge in [-0.1, -0.05) is 37.3 Å². The van der Waals surface area contributed by atoms with Crippen LogP contribution >= 0.6 is 12.1 Å². The molecule has 1 fully saturated rings. The number of carbonyl (C=O) groups excluding carboxylic acids is 1. The molecule has 11 nitrogen and oxygen atoms in total. The van der Waals surface area contributed by atoms with Crippen LogP contribution in [-0.4, -0.2) is 44.4 Å². The summed E-state index contributed by atoms with van der Waals surface area (Å²) in [5.41, 5.74) is 11.5. The van der Waals surface area contributed by atoms with Crippen LogP contribution in [0.5, 0.6) is 0 Å². The molecular formula is C17H30N6O5S. The van der Waals surface area contributed by atoms with Crippen LogP contribution in [0.4, 0.5) is 0 Å². The number of nitrogens with two attached hydrogens (primary N) is 2. The van der Waals surface area contributed by atoms with Gasteiger partial charge >= 0.3 is 5.97 Å². The quantitative estimate of drug-likeness (QED) is 0.254. The van der Waals surface area contributed by atoms with Gasteiger partial charge in [-0.3, -0.25) is 9.59 Å². The van der Waals surface area contributed by atoms with Gasteiger partial charge in [-0.15, -0.1) is 0 Å². The van der Waals surface area contributed by atoms with Crippen LogP contribution in [0, 0.1) is 5.92 Å². The molecule has 1 amide bonds. The van der Waals surface area contributed by atoms with Crippen molar-refractivity contribution in [3.05, 3.63) is 11.7 Å². The number of carbonyl (C=O) groups is 2. The van der Waals surface area contributed by atoms with Gasteiger partial charge < -0.3 is 26.2 Å². The zero-order chi connectivity index (χ0) is 21.4. The first-order valence-electron chi connectivity index (χ1n) is 9.73. The van der Waals surface area contributed by atoms with Crippen molar-refractivity contribution in [3.8, 4) is 0 Å². The van der Waals surface area contributed by atoms with E-state index in [-0.39, 0.29) is 18.4 Å². The summed E-state index contributed by atoms with van der Waals surface area (Å²) < 4.78 is 10.7. The number of primary amides is 1. The fourth-order valence-corrected chi connectivity index (χ4v) is 4.15. The summed E-state index contributed by atoms with van der Waals surface area (Å²) in [6.45, 7) is 1.35. The first-order chi connectivity index (χ1) is 13.8. The normalized spacial score (nSPS) is 19.4. The first kappa shape index (κ1) is 23.5. The van der Waals surface area contributed by atoms with Crippen LogP contribution in [-0.2, 0) is 9.59 Å². The number of hydrogen-bond donors (Lipinski definition) is 6. The number of hydrogen-bond acceptors (Lipinski definition) is 10. The number of nitrogens with zero attached hydrogens (tertiary/aromatic N) is 2. The molecular weight excluding hydrogens is 400 g/mol. The van der Waals surface area contributed by atoms with E-state index in [0.717, 1.165) is 31.4 Å². The van der Waals surface area contributed by atoms with E-state index < -0.39 is 30.1 Å². The zero-order valence-corrected chi connectivity index (χ0v) is 17.2.